The third-order valence-electron chi connectivity index (χ3n) is 2.92. The van der Waals surface area contributed by atoms with Gasteiger partial charge in [-0.05, 0) is 13.0 Å². The van der Waals surface area contributed by atoms with Crippen LogP contribution in [0.5, 0.6) is 5.75 Å². The van der Waals surface area contributed by atoms with Crippen LogP contribution in [-0.4, -0.2) is 22.3 Å². The van der Waals surface area contributed by atoms with Gasteiger partial charge in [0.2, 0.25) is 0 Å². The van der Waals surface area contributed by atoms with Crippen molar-refractivity contribution in [3.8, 4) is 5.75 Å². The molecule has 0 radical (unpaired) electrons. The van der Waals surface area contributed by atoms with Gasteiger partial charge >= 0.3 is 5.97 Å². The fraction of sp³-hybridized carbons (Fsp3) is 0.417. The monoisotopic (exact) mass is 274 g/mol. The highest BCUT2D eigenvalue weighted by Crippen LogP contribution is 2.43. The zero-order valence-electron chi connectivity index (χ0n) is 9.61. The van der Waals surface area contributed by atoms with Crippen molar-refractivity contribution in [1.29, 1.82) is 0 Å². The van der Waals surface area contributed by atoms with Gasteiger partial charge in [0.1, 0.15) is 17.2 Å². The molecular weight excluding hydrogens is 263 g/mol. The van der Waals surface area contributed by atoms with E-state index in [0.717, 1.165) is 6.07 Å². The summed E-state index contributed by atoms with van der Waals surface area (Å²) < 4.78 is 18.9. The predicted octanol–water partition coefficient (Wildman–Crippen LogP) is 2.31. The van der Waals surface area contributed by atoms with Crippen molar-refractivity contribution >= 4 is 17.6 Å². The molecule has 0 amide bonds. The molecule has 18 heavy (non-hydrogen) atoms. The highest BCUT2D eigenvalue weighted by atomic mass is 35.5. The van der Waals surface area contributed by atoms with Crippen molar-refractivity contribution in [3.05, 3.63) is 28.5 Å². The summed E-state index contributed by atoms with van der Waals surface area (Å²) in [7, 11) is 0. The summed E-state index contributed by atoms with van der Waals surface area (Å²) in [6, 6.07) is 2.29. The molecule has 0 aromatic heterocycles. The Morgan fingerprint density at radius 1 is 1.67 bits per heavy atom. The Morgan fingerprint density at radius 2 is 2.33 bits per heavy atom. The molecule has 1 aliphatic rings. The smallest absolute Gasteiger partial charge is 0.306 e. The van der Waals surface area contributed by atoms with Crippen LogP contribution in [0, 0.1) is 5.82 Å². The lowest BCUT2D eigenvalue weighted by Gasteiger charge is -2.36. The third-order valence-corrected chi connectivity index (χ3v) is 3.21. The van der Waals surface area contributed by atoms with Gasteiger partial charge in [-0.2, -0.15) is 0 Å². The maximum absolute atomic E-state index is 13.4. The molecule has 1 aromatic carbocycles. The van der Waals surface area contributed by atoms with E-state index in [1.54, 1.807) is 6.92 Å². The largest absolute Gasteiger partial charge is 0.490 e. The van der Waals surface area contributed by atoms with Crippen LogP contribution in [0.2, 0.25) is 5.02 Å². The fourth-order valence-corrected chi connectivity index (χ4v) is 2.40. The first kappa shape index (κ1) is 13.1. The number of carbonyl (C=O) groups is 1. The molecule has 4 nitrogen and oxygen atoms in total. The number of rotatable bonds is 2. The van der Waals surface area contributed by atoms with Crippen molar-refractivity contribution in [1.82, 2.24) is 0 Å². The lowest BCUT2D eigenvalue weighted by Crippen LogP contribution is -2.39. The number of carboxylic acids is 1. The highest BCUT2D eigenvalue weighted by Gasteiger charge is 2.41. The molecular formula is C12H12ClFO4. The van der Waals surface area contributed by atoms with Crippen LogP contribution in [0.25, 0.3) is 0 Å². The van der Waals surface area contributed by atoms with Gasteiger partial charge in [0.25, 0.3) is 0 Å². The standard InChI is InChI=1S/C12H12ClFO4/c1-6-4-12(17,5-11(15)16)7-2-9(14)8(13)3-10(7)18-6/h2-3,6,17H,4-5H2,1H3,(H,15,16)/t6?,12-/m1/s1. The summed E-state index contributed by atoms with van der Waals surface area (Å²) in [5.74, 6) is -1.64. The van der Waals surface area contributed by atoms with Gasteiger partial charge in [0.15, 0.2) is 0 Å². The second-order valence-corrected chi connectivity index (χ2v) is 4.90. The molecule has 1 aromatic rings. The Labute approximate surface area is 108 Å². The van der Waals surface area contributed by atoms with Gasteiger partial charge in [-0.15, -0.1) is 0 Å². The van der Waals surface area contributed by atoms with E-state index in [2.05, 4.69) is 0 Å². The maximum Gasteiger partial charge on any atom is 0.306 e. The topological polar surface area (TPSA) is 66.8 Å². The molecule has 6 heteroatoms. The molecule has 1 aliphatic heterocycles. The SMILES string of the molecule is CC1C[C@@](O)(CC(=O)O)c2cc(F)c(Cl)cc2O1. The average Bonchev–Trinajstić information content (AvgIpc) is 2.19. The minimum Gasteiger partial charge on any atom is -0.490 e. The quantitative estimate of drug-likeness (QED) is 0.868. The molecule has 1 heterocycles. The van der Waals surface area contributed by atoms with Crippen LogP contribution in [0.1, 0.15) is 25.3 Å². The average molecular weight is 275 g/mol. The van der Waals surface area contributed by atoms with Crippen LogP contribution in [-0.2, 0) is 10.4 Å². The Balaban J connectivity index is 2.53. The van der Waals surface area contributed by atoms with Crippen LogP contribution >= 0.6 is 11.6 Å². The third kappa shape index (κ3) is 2.28. The van der Waals surface area contributed by atoms with Gasteiger partial charge in [-0.3, -0.25) is 4.79 Å². The summed E-state index contributed by atoms with van der Waals surface area (Å²) in [4.78, 5) is 10.8. The van der Waals surface area contributed by atoms with E-state index in [1.165, 1.54) is 6.07 Å². The normalized spacial score (nSPS) is 26.3. The van der Waals surface area contributed by atoms with Gasteiger partial charge in [0, 0.05) is 18.1 Å². The minimum absolute atomic E-state index is 0.0906. The molecule has 0 saturated carbocycles. The number of carboxylic acid groups (broad SMARTS) is 1. The van der Waals surface area contributed by atoms with Gasteiger partial charge in [-0.25, -0.2) is 4.39 Å². The molecule has 0 spiro atoms. The Morgan fingerprint density at radius 3 is 2.94 bits per heavy atom. The van der Waals surface area contributed by atoms with Crippen molar-refractivity contribution in [2.24, 2.45) is 0 Å². The number of aliphatic hydroxyl groups is 1. The summed E-state index contributed by atoms with van der Waals surface area (Å²) in [5.41, 5.74) is -1.51. The molecule has 0 fully saturated rings. The van der Waals surface area contributed by atoms with E-state index in [-0.39, 0.29) is 28.9 Å². The first-order chi connectivity index (χ1) is 8.32. The summed E-state index contributed by atoms with van der Waals surface area (Å²) in [5, 5.41) is 19.1. The van der Waals surface area contributed by atoms with Crippen LogP contribution < -0.4 is 4.74 Å². The summed E-state index contributed by atoms with van der Waals surface area (Å²) in [6.45, 7) is 1.70. The van der Waals surface area contributed by atoms with Crippen LogP contribution in [0.4, 0.5) is 4.39 Å². The van der Waals surface area contributed by atoms with Crippen molar-refractivity contribution in [2.45, 2.75) is 31.5 Å². The zero-order valence-corrected chi connectivity index (χ0v) is 10.4. The van der Waals surface area contributed by atoms with E-state index in [0.29, 0.717) is 0 Å². The molecule has 2 N–H and O–H groups in total. The summed E-state index contributed by atoms with van der Waals surface area (Å²) in [6.07, 6.45) is -0.786. The lowest BCUT2D eigenvalue weighted by atomic mass is 9.83. The number of benzene rings is 1. The molecule has 2 atom stereocenters. The van der Waals surface area contributed by atoms with E-state index < -0.39 is 23.8 Å². The van der Waals surface area contributed by atoms with E-state index in [1.807, 2.05) is 0 Å². The molecule has 2 rings (SSSR count). The second-order valence-electron chi connectivity index (χ2n) is 4.50. The van der Waals surface area contributed by atoms with Gasteiger partial charge in [0.05, 0.1) is 17.5 Å². The lowest BCUT2D eigenvalue weighted by molar-refractivity contribution is -0.145. The van der Waals surface area contributed by atoms with Crippen molar-refractivity contribution in [2.75, 3.05) is 0 Å². The Bertz CT molecular complexity index is 505. The van der Waals surface area contributed by atoms with E-state index in [9.17, 15) is 14.3 Å². The van der Waals surface area contributed by atoms with Gasteiger partial charge in [-0.1, -0.05) is 11.6 Å². The molecule has 0 aliphatic carbocycles. The van der Waals surface area contributed by atoms with Crippen molar-refractivity contribution < 1.29 is 24.1 Å². The minimum atomic E-state index is -1.63. The number of ether oxygens (including phenoxy) is 1. The van der Waals surface area contributed by atoms with Crippen LogP contribution in [0.15, 0.2) is 12.1 Å². The Hall–Kier alpha value is -1.33. The van der Waals surface area contributed by atoms with E-state index >= 15 is 0 Å². The fourth-order valence-electron chi connectivity index (χ4n) is 2.25. The molecule has 1 unspecified atom stereocenters. The number of aliphatic carboxylic acids is 1. The number of hydrogen-bond acceptors (Lipinski definition) is 3. The number of hydrogen-bond donors (Lipinski definition) is 2. The second kappa shape index (κ2) is 4.40. The highest BCUT2D eigenvalue weighted by molar-refractivity contribution is 6.30. The first-order valence-corrected chi connectivity index (χ1v) is 5.80. The maximum atomic E-state index is 13.4. The Kier molecular flexibility index (Phi) is 3.21. The van der Waals surface area contributed by atoms with E-state index in [4.69, 9.17) is 21.4 Å². The zero-order chi connectivity index (χ0) is 13.5. The van der Waals surface area contributed by atoms with Crippen LogP contribution in [0.3, 0.4) is 0 Å². The first-order valence-electron chi connectivity index (χ1n) is 5.42. The number of fused-ring (bicyclic) bond motifs is 1. The summed E-state index contributed by atoms with van der Waals surface area (Å²) >= 11 is 5.64. The number of halogens is 2. The molecule has 0 saturated heterocycles. The molecule has 98 valence electrons. The van der Waals surface area contributed by atoms with Crippen molar-refractivity contribution in [3.63, 3.8) is 0 Å². The predicted molar refractivity (Wildman–Crippen MR) is 62.3 cm³/mol. The molecule has 0 bridgehead atoms. The van der Waals surface area contributed by atoms with Gasteiger partial charge < -0.3 is 14.9 Å².